The van der Waals surface area contributed by atoms with Crippen molar-refractivity contribution in [1.29, 1.82) is 0 Å². The van der Waals surface area contributed by atoms with Crippen LogP contribution in [0.1, 0.15) is 11.1 Å². The van der Waals surface area contributed by atoms with Gasteiger partial charge in [-0.25, -0.2) is 9.07 Å². The van der Waals surface area contributed by atoms with E-state index >= 15 is 0 Å². The minimum absolute atomic E-state index is 0.116. The Bertz CT molecular complexity index is 1060. The molecule has 0 atom stereocenters. The van der Waals surface area contributed by atoms with Gasteiger partial charge >= 0.3 is 0 Å². The van der Waals surface area contributed by atoms with E-state index in [4.69, 9.17) is 16.3 Å². The van der Waals surface area contributed by atoms with Gasteiger partial charge < -0.3 is 9.84 Å². The van der Waals surface area contributed by atoms with E-state index in [1.165, 1.54) is 30.0 Å². The summed E-state index contributed by atoms with van der Waals surface area (Å²) >= 11 is 5.86. The second-order valence-corrected chi connectivity index (χ2v) is 6.44. The van der Waals surface area contributed by atoms with Gasteiger partial charge in [0.2, 0.25) is 0 Å². The van der Waals surface area contributed by atoms with Crippen LogP contribution in [0.3, 0.4) is 0 Å². The summed E-state index contributed by atoms with van der Waals surface area (Å²) < 4.78 is 20.2. The Morgan fingerprint density at radius 1 is 1.21 bits per heavy atom. The molecule has 2 aromatic carbocycles. The van der Waals surface area contributed by atoms with Crippen molar-refractivity contribution < 1.29 is 14.2 Å². The van der Waals surface area contributed by atoms with E-state index in [9.17, 15) is 14.3 Å². The van der Waals surface area contributed by atoms with Gasteiger partial charge in [0.25, 0.3) is 5.56 Å². The molecule has 0 fully saturated rings. The highest BCUT2D eigenvalue weighted by atomic mass is 35.5. The molecule has 0 aliphatic rings. The van der Waals surface area contributed by atoms with Gasteiger partial charge in [0, 0.05) is 16.1 Å². The molecule has 0 saturated heterocycles. The number of aliphatic hydroxyl groups excluding tert-OH is 1. The number of methoxy groups -OCH3 is 1. The minimum Gasteiger partial charge on any atom is -0.494 e. The fourth-order valence-corrected chi connectivity index (χ4v) is 2.79. The van der Waals surface area contributed by atoms with Crippen LogP contribution in [0, 0.1) is 5.82 Å². The fourth-order valence-electron chi connectivity index (χ4n) is 2.66. The van der Waals surface area contributed by atoms with Gasteiger partial charge in [0.05, 0.1) is 26.0 Å². The van der Waals surface area contributed by atoms with Crippen molar-refractivity contribution in [1.82, 2.24) is 9.78 Å². The summed E-state index contributed by atoms with van der Waals surface area (Å²) in [7, 11) is 1.38. The lowest BCUT2D eigenvalue weighted by Crippen LogP contribution is -2.26. The average Bonchev–Trinajstić information content (AvgIpc) is 2.70. The molecule has 0 aliphatic carbocycles. The van der Waals surface area contributed by atoms with E-state index in [1.807, 2.05) is 18.2 Å². The summed E-state index contributed by atoms with van der Waals surface area (Å²) in [5.41, 5.74) is 1.56. The molecule has 3 aromatic rings. The van der Waals surface area contributed by atoms with E-state index in [2.05, 4.69) is 5.10 Å². The number of allylic oxidation sites excluding steroid dienone is 1. The maximum absolute atomic E-state index is 14.0. The molecule has 1 heterocycles. The highest BCUT2D eigenvalue weighted by Gasteiger charge is 2.11. The van der Waals surface area contributed by atoms with Gasteiger partial charge in [-0.3, -0.25) is 4.79 Å². The smallest absolute Gasteiger partial charge is 0.272 e. The van der Waals surface area contributed by atoms with Gasteiger partial charge in [-0.05, 0) is 42.0 Å². The molecule has 0 unspecified atom stereocenters. The number of hydrogen-bond donors (Lipinski definition) is 1. The Hall–Kier alpha value is -2.96. The standard InChI is InChI=1S/C21H18ClFN2O3/c1-28-20-9-6-15(11-18(20)23)19-12-16(13-26)21(27)25(24-19)10-2-3-14-4-7-17(22)8-5-14/h2-9,11-12,26H,10,13H2,1H3/b3-2+. The molecule has 0 amide bonds. The van der Waals surface area contributed by atoms with Gasteiger partial charge in [-0.2, -0.15) is 5.10 Å². The molecule has 144 valence electrons. The molecule has 5 nitrogen and oxygen atoms in total. The lowest BCUT2D eigenvalue weighted by Gasteiger charge is -2.09. The van der Waals surface area contributed by atoms with E-state index in [-0.39, 0.29) is 17.9 Å². The lowest BCUT2D eigenvalue weighted by molar-refractivity contribution is 0.278. The highest BCUT2D eigenvalue weighted by molar-refractivity contribution is 6.30. The number of rotatable bonds is 6. The van der Waals surface area contributed by atoms with Crippen LogP contribution < -0.4 is 10.3 Å². The second-order valence-electron chi connectivity index (χ2n) is 6.00. The largest absolute Gasteiger partial charge is 0.494 e. The summed E-state index contributed by atoms with van der Waals surface area (Å²) in [6, 6.07) is 13.1. The van der Waals surface area contributed by atoms with Crippen LogP contribution in [0.25, 0.3) is 17.3 Å². The zero-order chi connectivity index (χ0) is 20.1. The second kappa shape index (κ2) is 8.82. The van der Waals surface area contributed by atoms with Crippen molar-refractivity contribution in [2.75, 3.05) is 7.11 Å². The number of benzene rings is 2. The zero-order valence-electron chi connectivity index (χ0n) is 15.1. The topological polar surface area (TPSA) is 64.3 Å². The molecule has 0 aliphatic heterocycles. The van der Waals surface area contributed by atoms with Gasteiger partial charge in [0.15, 0.2) is 11.6 Å². The van der Waals surface area contributed by atoms with Gasteiger partial charge in [-0.1, -0.05) is 35.9 Å². The molecule has 3 rings (SSSR count). The fraction of sp³-hybridized carbons (Fsp3) is 0.143. The predicted molar refractivity (Wildman–Crippen MR) is 107 cm³/mol. The van der Waals surface area contributed by atoms with Crippen LogP contribution in [-0.4, -0.2) is 22.0 Å². The van der Waals surface area contributed by atoms with Crippen molar-refractivity contribution in [3.8, 4) is 17.0 Å². The normalized spacial score (nSPS) is 11.1. The number of nitrogens with zero attached hydrogens (tertiary/aromatic N) is 2. The number of halogens is 2. The van der Waals surface area contributed by atoms with E-state index in [1.54, 1.807) is 24.3 Å². The van der Waals surface area contributed by atoms with Crippen molar-refractivity contribution in [2.24, 2.45) is 0 Å². The number of aromatic nitrogens is 2. The number of hydrogen-bond acceptors (Lipinski definition) is 4. The molecule has 1 N–H and O–H groups in total. The molecule has 0 spiro atoms. The first-order chi connectivity index (χ1) is 13.5. The van der Waals surface area contributed by atoms with Crippen molar-refractivity contribution in [2.45, 2.75) is 13.2 Å². The first-order valence-electron chi connectivity index (χ1n) is 8.49. The Balaban J connectivity index is 1.93. The third-order valence-corrected chi connectivity index (χ3v) is 4.38. The first kappa shape index (κ1) is 19.8. The highest BCUT2D eigenvalue weighted by Crippen LogP contribution is 2.24. The Morgan fingerprint density at radius 3 is 2.61 bits per heavy atom. The molecular formula is C21H18ClFN2O3. The van der Waals surface area contributed by atoms with Crippen LogP contribution in [0.5, 0.6) is 5.75 Å². The van der Waals surface area contributed by atoms with Crippen molar-refractivity contribution in [3.05, 3.63) is 86.9 Å². The van der Waals surface area contributed by atoms with Crippen molar-refractivity contribution in [3.63, 3.8) is 0 Å². The Labute approximate surface area is 166 Å². The van der Waals surface area contributed by atoms with E-state index in [0.29, 0.717) is 16.3 Å². The number of aliphatic hydroxyl groups is 1. The Morgan fingerprint density at radius 2 is 1.96 bits per heavy atom. The molecule has 0 radical (unpaired) electrons. The third-order valence-electron chi connectivity index (χ3n) is 4.13. The maximum Gasteiger partial charge on any atom is 0.272 e. The molecular weight excluding hydrogens is 383 g/mol. The molecule has 0 saturated carbocycles. The molecule has 28 heavy (non-hydrogen) atoms. The van der Waals surface area contributed by atoms with Crippen LogP contribution in [0.15, 0.2) is 59.4 Å². The van der Waals surface area contributed by atoms with Crippen molar-refractivity contribution >= 4 is 17.7 Å². The third kappa shape index (κ3) is 4.47. The van der Waals surface area contributed by atoms with Crippen LogP contribution in [0.2, 0.25) is 5.02 Å². The van der Waals surface area contributed by atoms with E-state index in [0.717, 1.165) is 5.56 Å². The Kier molecular flexibility index (Phi) is 6.23. The molecule has 1 aromatic heterocycles. The summed E-state index contributed by atoms with van der Waals surface area (Å²) in [4.78, 5) is 12.4. The van der Waals surface area contributed by atoms with Crippen LogP contribution >= 0.6 is 11.6 Å². The SMILES string of the molecule is COc1ccc(-c2cc(CO)c(=O)n(C/C=C/c3ccc(Cl)cc3)n2)cc1F. The monoisotopic (exact) mass is 400 g/mol. The predicted octanol–water partition coefficient (Wildman–Crippen LogP) is 3.92. The van der Waals surface area contributed by atoms with Crippen LogP contribution in [-0.2, 0) is 13.2 Å². The maximum atomic E-state index is 14.0. The van der Waals surface area contributed by atoms with Crippen LogP contribution in [0.4, 0.5) is 4.39 Å². The summed E-state index contributed by atoms with van der Waals surface area (Å²) in [6.45, 7) is -0.241. The number of ether oxygens (including phenoxy) is 1. The molecule has 0 bridgehead atoms. The average molecular weight is 401 g/mol. The summed E-state index contributed by atoms with van der Waals surface area (Å²) in [6.07, 6.45) is 3.61. The molecule has 7 heteroatoms. The lowest BCUT2D eigenvalue weighted by atomic mass is 10.1. The first-order valence-corrected chi connectivity index (χ1v) is 8.87. The summed E-state index contributed by atoms with van der Waals surface area (Å²) in [5, 5.41) is 14.5. The zero-order valence-corrected chi connectivity index (χ0v) is 15.9. The summed E-state index contributed by atoms with van der Waals surface area (Å²) in [5.74, 6) is -0.418. The minimum atomic E-state index is -0.535. The van der Waals surface area contributed by atoms with Gasteiger partial charge in [-0.15, -0.1) is 0 Å². The quantitative estimate of drug-likeness (QED) is 0.681. The van der Waals surface area contributed by atoms with Gasteiger partial charge in [0.1, 0.15) is 0 Å². The van der Waals surface area contributed by atoms with E-state index < -0.39 is 18.0 Å².